The lowest BCUT2D eigenvalue weighted by atomic mass is 10.1. The molecular formula is C8H11NO. The largest absolute Gasteiger partial charge is 0.370 e. The highest BCUT2D eigenvalue weighted by Crippen LogP contribution is 2.27. The van der Waals surface area contributed by atoms with E-state index in [9.17, 15) is 0 Å². The van der Waals surface area contributed by atoms with E-state index in [4.69, 9.17) is 5.11 Å². The second kappa shape index (κ2) is 2.13. The molecule has 2 heteroatoms. The van der Waals surface area contributed by atoms with Gasteiger partial charge in [0.1, 0.15) is 6.23 Å². The summed E-state index contributed by atoms with van der Waals surface area (Å²) in [6, 6.07) is 0. The van der Waals surface area contributed by atoms with Crippen molar-refractivity contribution in [2.24, 2.45) is 0 Å². The van der Waals surface area contributed by atoms with E-state index >= 15 is 0 Å². The monoisotopic (exact) mass is 137 g/mol. The fourth-order valence-electron chi connectivity index (χ4n) is 1.55. The lowest BCUT2D eigenvalue weighted by Crippen LogP contribution is -2.27. The van der Waals surface area contributed by atoms with Gasteiger partial charge in [-0.05, 0) is 30.9 Å². The van der Waals surface area contributed by atoms with Crippen molar-refractivity contribution in [1.29, 1.82) is 0 Å². The molecule has 1 unspecified atom stereocenters. The van der Waals surface area contributed by atoms with Crippen molar-refractivity contribution < 1.29 is 5.11 Å². The number of hydrogen-bond acceptors (Lipinski definition) is 2. The first-order valence-electron chi connectivity index (χ1n) is 3.71. The standard InChI is InChI=1S/C8H11NO/c10-8-5-4-6-2-1-3-7(6)9-8/h4-5,8-10H,1-3H2. The zero-order valence-corrected chi connectivity index (χ0v) is 5.80. The summed E-state index contributed by atoms with van der Waals surface area (Å²) in [5.41, 5.74) is 2.63. The molecule has 0 amide bonds. The van der Waals surface area contributed by atoms with Crippen LogP contribution in [0.15, 0.2) is 23.4 Å². The van der Waals surface area contributed by atoms with Crippen molar-refractivity contribution in [3.63, 3.8) is 0 Å². The number of nitrogens with one attached hydrogen (secondary N) is 1. The fraction of sp³-hybridized carbons (Fsp3) is 0.500. The van der Waals surface area contributed by atoms with Crippen LogP contribution < -0.4 is 5.32 Å². The van der Waals surface area contributed by atoms with E-state index in [1.165, 1.54) is 24.1 Å². The first kappa shape index (κ1) is 5.98. The van der Waals surface area contributed by atoms with Crippen LogP contribution in [0.1, 0.15) is 19.3 Å². The van der Waals surface area contributed by atoms with Gasteiger partial charge < -0.3 is 10.4 Å². The Kier molecular flexibility index (Phi) is 1.27. The lowest BCUT2D eigenvalue weighted by molar-refractivity contribution is 0.194. The molecule has 0 saturated carbocycles. The Hall–Kier alpha value is -0.760. The molecule has 0 saturated heterocycles. The SMILES string of the molecule is OC1C=CC2=C(CCC2)N1. The highest BCUT2D eigenvalue weighted by Gasteiger charge is 2.16. The quantitative estimate of drug-likeness (QED) is 0.520. The van der Waals surface area contributed by atoms with Gasteiger partial charge in [-0.1, -0.05) is 6.08 Å². The van der Waals surface area contributed by atoms with Gasteiger partial charge in [-0.25, -0.2) is 0 Å². The molecule has 0 aromatic heterocycles. The van der Waals surface area contributed by atoms with Crippen molar-refractivity contribution in [3.05, 3.63) is 23.4 Å². The second-order valence-corrected chi connectivity index (χ2v) is 2.81. The highest BCUT2D eigenvalue weighted by molar-refractivity contribution is 5.32. The molecule has 1 heterocycles. The molecule has 1 aliphatic heterocycles. The Morgan fingerprint density at radius 1 is 1.50 bits per heavy atom. The summed E-state index contributed by atoms with van der Waals surface area (Å²) in [5, 5.41) is 12.2. The minimum Gasteiger partial charge on any atom is -0.370 e. The summed E-state index contributed by atoms with van der Waals surface area (Å²) in [6.07, 6.45) is 6.89. The molecule has 0 bridgehead atoms. The number of rotatable bonds is 0. The van der Waals surface area contributed by atoms with E-state index in [-0.39, 0.29) is 0 Å². The molecule has 0 aromatic carbocycles. The Morgan fingerprint density at radius 2 is 2.40 bits per heavy atom. The molecular weight excluding hydrogens is 126 g/mol. The van der Waals surface area contributed by atoms with Gasteiger partial charge in [0.2, 0.25) is 0 Å². The first-order chi connectivity index (χ1) is 4.86. The van der Waals surface area contributed by atoms with Crippen LogP contribution in [0.4, 0.5) is 0 Å². The molecule has 54 valence electrons. The van der Waals surface area contributed by atoms with Gasteiger partial charge in [-0.2, -0.15) is 0 Å². The van der Waals surface area contributed by atoms with E-state index < -0.39 is 6.23 Å². The molecule has 1 aliphatic carbocycles. The van der Waals surface area contributed by atoms with E-state index in [1.807, 2.05) is 6.08 Å². The van der Waals surface area contributed by atoms with Crippen molar-refractivity contribution >= 4 is 0 Å². The molecule has 0 radical (unpaired) electrons. The van der Waals surface area contributed by atoms with Crippen molar-refractivity contribution in [2.45, 2.75) is 25.5 Å². The van der Waals surface area contributed by atoms with E-state index in [2.05, 4.69) is 5.32 Å². The van der Waals surface area contributed by atoms with Gasteiger partial charge in [0.15, 0.2) is 0 Å². The van der Waals surface area contributed by atoms with Crippen LogP contribution in [-0.2, 0) is 0 Å². The molecule has 0 spiro atoms. The lowest BCUT2D eigenvalue weighted by Gasteiger charge is -2.16. The maximum absolute atomic E-state index is 9.12. The Balaban J connectivity index is 2.22. The zero-order chi connectivity index (χ0) is 6.97. The van der Waals surface area contributed by atoms with E-state index in [0.29, 0.717) is 0 Å². The summed E-state index contributed by atoms with van der Waals surface area (Å²) in [5.74, 6) is 0. The van der Waals surface area contributed by atoms with Crippen molar-refractivity contribution in [3.8, 4) is 0 Å². The average molecular weight is 137 g/mol. The van der Waals surface area contributed by atoms with Crippen LogP contribution in [0, 0.1) is 0 Å². The Morgan fingerprint density at radius 3 is 3.30 bits per heavy atom. The van der Waals surface area contributed by atoms with Crippen molar-refractivity contribution in [2.75, 3.05) is 0 Å². The molecule has 2 nitrogen and oxygen atoms in total. The predicted molar refractivity (Wildman–Crippen MR) is 39.2 cm³/mol. The molecule has 1 atom stereocenters. The topological polar surface area (TPSA) is 32.3 Å². The molecule has 10 heavy (non-hydrogen) atoms. The first-order valence-corrected chi connectivity index (χ1v) is 3.71. The normalized spacial score (nSPS) is 30.3. The van der Waals surface area contributed by atoms with Gasteiger partial charge in [-0.3, -0.25) is 0 Å². The summed E-state index contributed by atoms with van der Waals surface area (Å²) in [7, 11) is 0. The van der Waals surface area contributed by atoms with Crippen molar-refractivity contribution in [1.82, 2.24) is 5.32 Å². The maximum Gasteiger partial charge on any atom is 0.143 e. The summed E-state index contributed by atoms with van der Waals surface area (Å²) >= 11 is 0. The van der Waals surface area contributed by atoms with Crippen LogP contribution in [0.2, 0.25) is 0 Å². The number of allylic oxidation sites excluding steroid dienone is 3. The molecule has 2 rings (SSSR count). The van der Waals surface area contributed by atoms with E-state index in [1.54, 1.807) is 6.08 Å². The predicted octanol–water partition coefficient (Wildman–Crippen LogP) is 0.902. The number of dihydropyridines is 1. The Labute approximate surface area is 60.2 Å². The van der Waals surface area contributed by atoms with E-state index in [0.717, 1.165) is 6.42 Å². The summed E-state index contributed by atoms with van der Waals surface area (Å²) < 4.78 is 0. The maximum atomic E-state index is 9.12. The molecule has 0 fully saturated rings. The summed E-state index contributed by atoms with van der Waals surface area (Å²) in [4.78, 5) is 0. The second-order valence-electron chi connectivity index (χ2n) is 2.81. The van der Waals surface area contributed by atoms with Gasteiger partial charge >= 0.3 is 0 Å². The van der Waals surface area contributed by atoms with Gasteiger partial charge in [0.05, 0.1) is 0 Å². The van der Waals surface area contributed by atoms with Crippen LogP contribution in [-0.4, -0.2) is 11.3 Å². The fourth-order valence-corrected chi connectivity index (χ4v) is 1.55. The van der Waals surface area contributed by atoms with Gasteiger partial charge in [0.25, 0.3) is 0 Å². The minimum atomic E-state index is -0.447. The summed E-state index contributed by atoms with van der Waals surface area (Å²) in [6.45, 7) is 0. The van der Waals surface area contributed by atoms with Crippen LogP contribution in [0.5, 0.6) is 0 Å². The third-order valence-electron chi connectivity index (χ3n) is 2.06. The zero-order valence-electron chi connectivity index (χ0n) is 5.80. The molecule has 0 aromatic rings. The third-order valence-corrected chi connectivity index (χ3v) is 2.06. The van der Waals surface area contributed by atoms with Crippen LogP contribution in [0.3, 0.4) is 0 Å². The average Bonchev–Trinajstić information content (AvgIpc) is 2.33. The van der Waals surface area contributed by atoms with Gasteiger partial charge in [-0.15, -0.1) is 0 Å². The highest BCUT2D eigenvalue weighted by atomic mass is 16.3. The number of aliphatic hydroxyl groups is 1. The van der Waals surface area contributed by atoms with Gasteiger partial charge in [0, 0.05) is 5.70 Å². The number of hydrogen-bond donors (Lipinski definition) is 2. The van der Waals surface area contributed by atoms with Crippen LogP contribution in [0.25, 0.3) is 0 Å². The smallest absolute Gasteiger partial charge is 0.143 e. The Bertz CT molecular complexity index is 205. The third kappa shape index (κ3) is 0.847. The molecule has 2 aliphatic rings. The minimum absolute atomic E-state index is 0.447. The number of aliphatic hydroxyl groups excluding tert-OH is 1. The molecule has 2 N–H and O–H groups in total. The van der Waals surface area contributed by atoms with Crippen LogP contribution >= 0.6 is 0 Å².